The molecule has 1 aliphatic rings. The minimum absolute atomic E-state index is 0.342. The molecule has 0 saturated carbocycles. The molecule has 2 aromatic rings. The smallest absolute Gasteiger partial charge is 0.119 e. The summed E-state index contributed by atoms with van der Waals surface area (Å²) in [5.74, 6) is 0.865. The summed E-state index contributed by atoms with van der Waals surface area (Å²) in [6, 6.07) is 14.6. The van der Waals surface area contributed by atoms with Gasteiger partial charge in [-0.15, -0.1) is 0 Å². The first-order valence-corrected chi connectivity index (χ1v) is 9.37. The quantitative estimate of drug-likeness (QED) is 0.739. The predicted octanol–water partition coefficient (Wildman–Crippen LogP) is 3.12. The Bertz CT molecular complexity index is 716. The molecule has 1 aliphatic heterocycles. The van der Waals surface area contributed by atoms with Gasteiger partial charge in [-0.05, 0) is 54.7 Å². The molecule has 0 aliphatic carbocycles. The van der Waals surface area contributed by atoms with Crippen LogP contribution in [0.4, 0.5) is 0 Å². The zero-order chi connectivity index (χ0) is 18.4. The van der Waals surface area contributed by atoms with E-state index in [9.17, 15) is 5.11 Å². The zero-order valence-corrected chi connectivity index (χ0v) is 15.8. The molecule has 1 heterocycles. The largest absolute Gasteiger partial charge is 0.491 e. The van der Waals surface area contributed by atoms with Gasteiger partial charge in [-0.2, -0.15) is 0 Å². The molecule has 3 rings (SSSR count). The van der Waals surface area contributed by atoms with E-state index < -0.39 is 6.10 Å². The Balaban J connectivity index is 1.32. The minimum Gasteiger partial charge on any atom is -0.491 e. The molecule has 2 aromatic carbocycles. The van der Waals surface area contributed by atoms with E-state index in [-0.39, 0.29) is 0 Å². The Morgan fingerprint density at radius 1 is 1.04 bits per heavy atom. The second kappa shape index (κ2) is 9.17. The maximum atomic E-state index is 10.2. The molecule has 0 bridgehead atoms. The lowest BCUT2D eigenvalue weighted by Crippen LogP contribution is -2.38. The fourth-order valence-corrected chi connectivity index (χ4v) is 3.30. The van der Waals surface area contributed by atoms with Crippen molar-refractivity contribution in [3.63, 3.8) is 0 Å². The molecule has 1 N–H and O–H groups in total. The minimum atomic E-state index is -0.470. The van der Waals surface area contributed by atoms with E-state index in [0.29, 0.717) is 26.4 Å². The number of ether oxygens (including phenoxy) is 2. The maximum Gasteiger partial charge on any atom is 0.119 e. The van der Waals surface area contributed by atoms with Crippen LogP contribution in [-0.4, -0.2) is 49.0 Å². The van der Waals surface area contributed by atoms with Gasteiger partial charge in [-0.25, -0.2) is 0 Å². The summed E-state index contributed by atoms with van der Waals surface area (Å²) in [4.78, 5) is 2.29. The van der Waals surface area contributed by atoms with Crippen molar-refractivity contribution in [3.05, 3.63) is 64.7 Å². The molecule has 0 spiro atoms. The standard InChI is InChI=1S/C22H29NO3/c1-17-7-8-22(13-18(17)2)26-12-11-25-16-21(24)15-23-10-9-19-5-3-4-6-20(19)14-23/h3-8,13,21,24H,9-12,14-16H2,1-2H3/t21-/m1/s1. The normalized spacial score (nSPS) is 15.5. The van der Waals surface area contributed by atoms with E-state index in [1.54, 1.807) is 0 Å². The van der Waals surface area contributed by atoms with Crippen molar-refractivity contribution in [2.24, 2.45) is 0 Å². The van der Waals surface area contributed by atoms with Crippen molar-refractivity contribution < 1.29 is 14.6 Å². The van der Waals surface area contributed by atoms with Gasteiger partial charge in [0, 0.05) is 19.6 Å². The van der Waals surface area contributed by atoms with Gasteiger partial charge in [0.15, 0.2) is 0 Å². The monoisotopic (exact) mass is 355 g/mol. The van der Waals surface area contributed by atoms with Crippen molar-refractivity contribution >= 4 is 0 Å². The summed E-state index contributed by atoms with van der Waals surface area (Å²) in [6.45, 7) is 8.02. The van der Waals surface area contributed by atoms with E-state index in [1.165, 1.54) is 22.3 Å². The zero-order valence-electron chi connectivity index (χ0n) is 15.8. The maximum absolute atomic E-state index is 10.2. The lowest BCUT2D eigenvalue weighted by atomic mass is 10.00. The summed E-state index contributed by atoms with van der Waals surface area (Å²) in [5, 5.41) is 10.2. The highest BCUT2D eigenvalue weighted by atomic mass is 16.5. The number of aryl methyl sites for hydroxylation is 2. The molecular weight excluding hydrogens is 326 g/mol. The van der Waals surface area contributed by atoms with Gasteiger partial charge in [0.25, 0.3) is 0 Å². The Morgan fingerprint density at radius 2 is 1.85 bits per heavy atom. The number of aliphatic hydroxyl groups is 1. The third-order valence-corrected chi connectivity index (χ3v) is 4.96. The van der Waals surface area contributed by atoms with Gasteiger partial charge in [0.1, 0.15) is 12.4 Å². The lowest BCUT2D eigenvalue weighted by Gasteiger charge is -2.30. The number of hydrogen-bond acceptors (Lipinski definition) is 4. The van der Waals surface area contributed by atoms with Crippen LogP contribution in [0.2, 0.25) is 0 Å². The van der Waals surface area contributed by atoms with Gasteiger partial charge in [0.05, 0.1) is 19.3 Å². The number of fused-ring (bicyclic) bond motifs is 1. The van der Waals surface area contributed by atoms with Crippen molar-refractivity contribution in [3.8, 4) is 5.75 Å². The first kappa shape index (κ1) is 18.9. The fourth-order valence-electron chi connectivity index (χ4n) is 3.30. The molecule has 0 fully saturated rings. The predicted molar refractivity (Wildman–Crippen MR) is 104 cm³/mol. The van der Waals surface area contributed by atoms with Crippen molar-refractivity contribution in [1.82, 2.24) is 4.90 Å². The summed E-state index contributed by atoms with van der Waals surface area (Å²) < 4.78 is 11.3. The van der Waals surface area contributed by atoms with Crippen LogP contribution in [0.25, 0.3) is 0 Å². The number of rotatable bonds is 8. The molecule has 0 amide bonds. The molecule has 140 valence electrons. The Labute approximate surface area is 156 Å². The van der Waals surface area contributed by atoms with Crippen molar-refractivity contribution in [2.45, 2.75) is 32.9 Å². The van der Waals surface area contributed by atoms with Crippen molar-refractivity contribution in [1.29, 1.82) is 0 Å². The molecule has 4 heteroatoms. The van der Waals surface area contributed by atoms with Crippen LogP contribution in [0.1, 0.15) is 22.3 Å². The summed E-state index contributed by atoms with van der Waals surface area (Å²) in [5.41, 5.74) is 5.28. The summed E-state index contributed by atoms with van der Waals surface area (Å²) in [7, 11) is 0. The van der Waals surface area contributed by atoms with Crippen LogP contribution in [0.5, 0.6) is 5.75 Å². The highest BCUT2D eigenvalue weighted by molar-refractivity contribution is 5.33. The topological polar surface area (TPSA) is 41.9 Å². The third kappa shape index (κ3) is 5.31. The number of aliphatic hydroxyl groups excluding tert-OH is 1. The van der Waals surface area contributed by atoms with Crippen LogP contribution >= 0.6 is 0 Å². The molecular formula is C22H29NO3. The van der Waals surface area contributed by atoms with Crippen molar-refractivity contribution in [2.75, 3.05) is 32.9 Å². The molecule has 0 radical (unpaired) electrons. The van der Waals surface area contributed by atoms with Crippen LogP contribution < -0.4 is 4.74 Å². The number of nitrogens with zero attached hydrogens (tertiary/aromatic N) is 1. The first-order valence-electron chi connectivity index (χ1n) is 9.37. The average molecular weight is 355 g/mol. The number of β-amino-alcohol motifs (C(OH)–C–C–N with tert-alkyl or cyclic N) is 1. The van der Waals surface area contributed by atoms with Gasteiger partial charge >= 0.3 is 0 Å². The van der Waals surface area contributed by atoms with E-state index in [4.69, 9.17) is 9.47 Å². The van der Waals surface area contributed by atoms with Crippen LogP contribution in [0, 0.1) is 13.8 Å². The van der Waals surface area contributed by atoms with E-state index in [2.05, 4.69) is 49.1 Å². The van der Waals surface area contributed by atoms with Gasteiger partial charge in [-0.3, -0.25) is 4.90 Å². The molecule has 4 nitrogen and oxygen atoms in total. The van der Waals surface area contributed by atoms with Crippen LogP contribution in [-0.2, 0) is 17.7 Å². The summed E-state index contributed by atoms with van der Waals surface area (Å²) >= 11 is 0. The van der Waals surface area contributed by atoms with Gasteiger partial charge in [0.2, 0.25) is 0 Å². The third-order valence-electron chi connectivity index (χ3n) is 4.96. The fraction of sp³-hybridized carbons (Fsp3) is 0.455. The SMILES string of the molecule is Cc1ccc(OCCOC[C@H](O)CN2CCc3ccccc3C2)cc1C. The highest BCUT2D eigenvalue weighted by Gasteiger charge is 2.18. The number of benzene rings is 2. The van der Waals surface area contributed by atoms with E-state index >= 15 is 0 Å². The van der Waals surface area contributed by atoms with Crippen LogP contribution in [0.3, 0.4) is 0 Å². The van der Waals surface area contributed by atoms with Gasteiger partial charge in [-0.1, -0.05) is 30.3 Å². The molecule has 0 aromatic heterocycles. The molecule has 0 saturated heterocycles. The lowest BCUT2D eigenvalue weighted by molar-refractivity contribution is 0.00588. The average Bonchev–Trinajstić information content (AvgIpc) is 2.64. The highest BCUT2D eigenvalue weighted by Crippen LogP contribution is 2.18. The Hall–Kier alpha value is -1.88. The van der Waals surface area contributed by atoms with Crippen LogP contribution in [0.15, 0.2) is 42.5 Å². The second-order valence-corrected chi connectivity index (χ2v) is 7.08. The van der Waals surface area contributed by atoms with E-state index in [1.807, 2.05) is 12.1 Å². The molecule has 1 atom stereocenters. The summed E-state index contributed by atoms with van der Waals surface area (Å²) in [6.07, 6.45) is 0.579. The Morgan fingerprint density at radius 3 is 2.65 bits per heavy atom. The Kier molecular flexibility index (Phi) is 6.67. The molecule has 0 unspecified atom stereocenters. The van der Waals surface area contributed by atoms with E-state index in [0.717, 1.165) is 25.3 Å². The second-order valence-electron chi connectivity index (χ2n) is 7.08. The number of hydrogen-bond donors (Lipinski definition) is 1. The first-order chi connectivity index (χ1) is 12.6. The molecule has 26 heavy (non-hydrogen) atoms. The van der Waals surface area contributed by atoms with Gasteiger partial charge < -0.3 is 14.6 Å².